The molecule has 0 fully saturated rings. The molecule has 118 valence electrons. The Morgan fingerprint density at radius 3 is 2.09 bits per heavy atom. The van der Waals surface area contributed by atoms with E-state index in [0.717, 1.165) is 39.5 Å². The van der Waals surface area contributed by atoms with E-state index in [1.165, 1.54) is 0 Å². The molecule has 0 saturated heterocycles. The Morgan fingerprint density at radius 1 is 1.14 bits per heavy atom. The van der Waals surface area contributed by atoms with Crippen LogP contribution < -0.4 is 9.84 Å². The Labute approximate surface area is 124 Å². The molecular formula is C13H12NO8-. The van der Waals surface area contributed by atoms with Gasteiger partial charge in [-0.25, -0.2) is 9.59 Å². The minimum Gasteiger partial charge on any atom is -0.865 e. The van der Waals surface area contributed by atoms with E-state index in [1.807, 2.05) is 0 Å². The maximum absolute atomic E-state index is 11.7. The predicted octanol–water partition coefficient (Wildman–Crippen LogP) is 0.406. The number of esters is 2. The van der Waals surface area contributed by atoms with Crippen LogP contribution in [0.2, 0.25) is 0 Å². The lowest BCUT2D eigenvalue weighted by atomic mass is 10.1. The predicted molar refractivity (Wildman–Crippen MR) is 71.1 cm³/mol. The number of hydrogen-bond donors (Lipinski definition) is 0. The second-order valence-corrected chi connectivity index (χ2v) is 3.87. The number of rotatable bonds is 5. The molecule has 1 aromatic rings. The third-order valence-electron chi connectivity index (χ3n) is 2.60. The topological polar surface area (TPSA) is 128 Å². The maximum atomic E-state index is 11.7. The summed E-state index contributed by atoms with van der Waals surface area (Å²) < 4.78 is 13.6. The molecule has 0 atom stereocenters. The van der Waals surface area contributed by atoms with Gasteiger partial charge < -0.3 is 19.3 Å². The van der Waals surface area contributed by atoms with E-state index in [-0.39, 0.29) is 11.3 Å². The zero-order valence-electron chi connectivity index (χ0n) is 11.9. The van der Waals surface area contributed by atoms with E-state index in [0.29, 0.717) is 0 Å². The van der Waals surface area contributed by atoms with Gasteiger partial charge in [-0.1, -0.05) is 0 Å². The maximum Gasteiger partial charge on any atom is 0.345 e. The van der Waals surface area contributed by atoms with Gasteiger partial charge in [0, 0.05) is 11.8 Å². The third kappa shape index (κ3) is 3.51. The van der Waals surface area contributed by atoms with Crippen molar-refractivity contribution in [3.8, 4) is 11.5 Å². The monoisotopic (exact) mass is 310 g/mol. The summed E-state index contributed by atoms with van der Waals surface area (Å²) in [5.41, 5.74) is -1.20. The molecule has 1 rings (SSSR count). The minimum atomic E-state index is -0.986. The molecule has 1 aromatic carbocycles. The van der Waals surface area contributed by atoms with Gasteiger partial charge >= 0.3 is 11.9 Å². The van der Waals surface area contributed by atoms with Gasteiger partial charge in [0.05, 0.1) is 26.3 Å². The van der Waals surface area contributed by atoms with Crippen LogP contribution in [0, 0.1) is 10.1 Å². The first-order valence-electron chi connectivity index (χ1n) is 5.77. The van der Waals surface area contributed by atoms with Gasteiger partial charge in [0.1, 0.15) is 11.3 Å². The molecule has 0 aliphatic carbocycles. The quantitative estimate of drug-likeness (QED) is 0.191. The van der Waals surface area contributed by atoms with Crippen molar-refractivity contribution in [2.75, 3.05) is 21.3 Å². The van der Waals surface area contributed by atoms with Crippen LogP contribution in [-0.2, 0) is 19.1 Å². The molecule has 0 saturated carbocycles. The number of carbonyl (C=O) groups is 2. The van der Waals surface area contributed by atoms with Crippen LogP contribution >= 0.6 is 0 Å². The highest BCUT2D eigenvalue weighted by molar-refractivity contribution is 6.17. The summed E-state index contributed by atoms with van der Waals surface area (Å²) >= 11 is 0. The molecule has 0 aromatic heterocycles. The van der Waals surface area contributed by atoms with Gasteiger partial charge in [-0.2, -0.15) is 0 Å². The van der Waals surface area contributed by atoms with Crippen molar-refractivity contribution >= 4 is 23.7 Å². The second-order valence-electron chi connectivity index (χ2n) is 3.87. The number of nitro benzene ring substituents is 1. The van der Waals surface area contributed by atoms with Crippen molar-refractivity contribution in [3.05, 3.63) is 33.4 Å². The van der Waals surface area contributed by atoms with Crippen molar-refractivity contribution in [1.29, 1.82) is 0 Å². The van der Waals surface area contributed by atoms with Gasteiger partial charge in [-0.05, 0) is 17.7 Å². The number of methoxy groups -OCH3 is 3. The fourth-order valence-electron chi connectivity index (χ4n) is 1.57. The molecular weight excluding hydrogens is 298 g/mol. The van der Waals surface area contributed by atoms with Gasteiger partial charge in [-0.15, -0.1) is 0 Å². The minimum absolute atomic E-state index is 0.0361. The smallest absolute Gasteiger partial charge is 0.345 e. The van der Waals surface area contributed by atoms with Crippen LogP contribution in [0.15, 0.2) is 17.7 Å². The Kier molecular flexibility index (Phi) is 5.44. The van der Waals surface area contributed by atoms with Crippen LogP contribution in [0.5, 0.6) is 11.5 Å². The zero-order valence-corrected chi connectivity index (χ0v) is 11.9. The summed E-state index contributed by atoms with van der Waals surface area (Å²) in [7, 11) is 3.28. The largest absolute Gasteiger partial charge is 0.865 e. The fourth-order valence-corrected chi connectivity index (χ4v) is 1.57. The lowest BCUT2D eigenvalue weighted by Gasteiger charge is -2.13. The first kappa shape index (κ1) is 17.0. The number of ether oxygens (including phenoxy) is 3. The Hall–Kier alpha value is -3.10. The lowest BCUT2D eigenvalue weighted by molar-refractivity contribution is -0.398. The van der Waals surface area contributed by atoms with Gasteiger partial charge in [0.15, 0.2) is 0 Å². The SMILES string of the molecule is COC(=O)C(=Cc1cc(OC)c([O-])c([N+](=O)[O-])c1)C(=O)OC. The molecule has 9 heteroatoms. The fraction of sp³-hybridized carbons (Fsp3) is 0.231. The number of carbonyl (C=O) groups excluding carboxylic acids is 2. The molecule has 22 heavy (non-hydrogen) atoms. The van der Waals surface area contributed by atoms with E-state index in [2.05, 4.69) is 9.47 Å². The lowest BCUT2D eigenvalue weighted by Crippen LogP contribution is -2.15. The molecule has 0 radical (unpaired) electrons. The van der Waals surface area contributed by atoms with Crippen molar-refractivity contribution in [1.82, 2.24) is 0 Å². The number of benzene rings is 1. The Bertz CT molecular complexity index is 632. The normalized spacial score (nSPS) is 9.59. The van der Waals surface area contributed by atoms with Crippen LogP contribution in [0.3, 0.4) is 0 Å². The van der Waals surface area contributed by atoms with E-state index >= 15 is 0 Å². The van der Waals surface area contributed by atoms with Gasteiger partial charge in [-0.3, -0.25) is 10.1 Å². The third-order valence-corrected chi connectivity index (χ3v) is 2.60. The van der Waals surface area contributed by atoms with E-state index < -0.39 is 33.9 Å². The van der Waals surface area contributed by atoms with E-state index in [1.54, 1.807) is 0 Å². The summed E-state index contributed by atoms with van der Waals surface area (Å²) in [6, 6.07) is 2.07. The van der Waals surface area contributed by atoms with E-state index in [9.17, 15) is 24.8 Å². The zero-order chi connectivity index (χ0) is 16.9. The molecule has 0 unspecified atom stereocenters. The highest BCUT2D eigenvalue weighted by Gasteiger charge is 2.21. The first-order chi connectivity index (χ1) is 10.3. The number of nitrogens with zero attached hydrogens (tertiary/aromatic N) is 1. The van der Waals surface area contributed by atoms with Crippen molar-refractivity contribution in [2.45, 2.75) is 0 Å². The molecule has 0 N–H and O–H groups in total. The standard InChI is InChI=1S/C13H13NO8/c1-20-10-6-7(5-9(11(10)15)14(18)19)4-8(12(16)21-2)13(17)22-3/h4-6,15H,1-3H3/p-1. The van der Waals surface area contributed by atoms with Crippen LogP contribution in [-0.4, -0.2) is 38.2 Å². The molecule has 0 bridgehead atoms. The van der Waals surface area contributed by atoms with Crippen molar-refractivity contribution in [2.24, 2.45) is 0 Å². The van der Waals surface area contributed by atoms with Crippen LogP contribution in [0.4, 0.5) is 5.69 Å². The van der Waals surface area contributed by atoms with Crippen LogP contribution in [0.1, 0.15) is 5.56 Å². The molecule has 0 aliphatic heterocycles. The number of hydrogen-bond acceptors (Lipinski definition) is 8. The van der Waals surface area contributed by atoms with Gasteiger partial charge in [0.2, 0.25) is 0 Å². The second kappa shape index (κ2) is 7.07. The Morgan fingerprint density at radius 2 is 1.68 bits per heavy atom. The summed E-state index contributed by atoms with van der Waals surface area (Å²) in [5.74, 6) is -3.18. The molecule has 0 amide bonds. The summed E-state index contributed by atoms with van der Waals surface area (Å²) in [4.78, 5) is 33.0. The molecule has 0 spiro atoms. The van der Waals surface area contributed by atoms with Crippen molar-refractivity contribution in [3.63, 3.8) is 0 Å². The molecule has 0 heterocycles. The van der Waals surface area contributed by atoms with E-state index in [4.69, 9.17) is 4.74 Å². The van der Waals surface area contributed by atoms with Gasteiger partial charge in [0.25, 0.3) is 5.69 Å². The van der Waals surface area contributed by atoms with Crippen LogP contribution in [0.25, 0.3) is 6.08 Å². The highest BCUT2D eigenvalue weighted by atomic mass is 16.6. The molecule has 9 nitrogen and oxygen atoms in total. The summed E-state index contributed by atoms with van der Waals surface area (Å²) in [6.45, 7) is 0. The number of nitro groups is 1. The van der Waals surface area contributed by atoms with Crippen molar-refractivity contribution < 1.29 is 33.8 Å². The summed E-state index contributed by atoms with van der Waals surface area (Å²) in [5, 5.41) is 22.5. The Balaban J connectivity index is 3.50. The summed E-state index contributed by atoms with van der Waals surface area (Å²) in [6.07, 6.45) is 1.01. The first-order valence-corrected chi connectivity index (χ1v) is 5.77. The average Bonchev–Trinajstić information content (AvgIpc) is 2.51. The highest BCUT2D eigenvalue weighted by Crippen LogP contribution is 2.35. The average molecular weight is 310 g/mol. The molecule has 0 aliphatic rings.